The second kappa shape index (κ2) is 54.7. The monoisotopic (exact) mass is 961 g/mol. The first kappa shape index (κ1) is 66.4. The van der Waals surface area contributed by atoms with E-state index in [2.05, 4.69) is 34.6 Å². The molecule has 0 aliphatic heterocycles. The molecule has 0 bridgehead atoms. The van der Waals surface area contributed by atoms with Crippen LogP contribution in [0.4, 0.5) is 0 Å². The van der Waals surface area contributed by atoms with Crippen molar-refractivity contribution in [3.63, 3.8) is 0 Å². The lowest BCUT2D eigenvalue weighted by molar-refractivity contribution is -0.167. The summed E-state index contributed by atoms with van der Waals surface area (Å²) >= 11 is 0. The highest BCUT2D eigenvalue weighted by Crippen LogP contribution is 2.19. The van der Waals surface area contributed by atoms with Crippen LogP contribution < -0.4 is 0 Å². The number of esters is 3. The summed E-state index contributed by atoms with van der Waals surface area (Å²) in [6, 6.07) is 0. The van der Waals surface area contributed by atoms with Gasteiger partial charge in [-0.05, 0) is 31.1 Å². The quantitative estimate of drug-likeness (QED) is 0.0343. The van der Waals surface area contributed by atoms with Crippen LogP contribution in [-0.4, -0.2) is 37.2 Å². The highest BCUT2D eigenvalue weighted by molar-refractivity contribution is 5.71. The summed E-state index contributed by atoms with van der Waals surface area (Å²) in [5.74, 6) is 0.968. The maximum atomic E-state index is 12.9. The predicted octanol–water partition coefficient (Wildman–Crippen LogP) is 20.4. The fraction of sp³-hybridized carbons (Fsp3) is 0.952. The van der Waals surface area contributed by atoms with E-state index >= 15 is 0 Å². The second-order valence-corrected chi connectivity index (χ2v) is 21.8. The molecule has 0 rings (SSSR count). The summed E-state index contributed by atoms with van der Waals surface area (Å²) in [5.41, 5.74) is 0. The second-order valence-electron chi connectivity index (χ2n) is 21.8. The summed E-state index contributed by atoms with van der Waals surface area (Å²) < 4.78 is 16.9. The Balaban J connectivity index is 4.21. The molecule has 0 amide bonds. The zero-order valence-corrected chi connectivity index (χ0v) is 46.7. The van der Waals surface area contributed by atoms with Gasteiger partial charge in [0.1, 0.15) is 13.2 Å². The number of rotatable bonds is 56. The van der Waals surface area contributed by atoms with Gasteiger partial charge in [-0.25, -0.2) is 0 Å². The number of carbonyl (C=O) groups is 3. The van der Waals surface area contributed by atoms with Crippen LogP contribution in [0.2, 0.25) is 0 Å². The van der Waals surface area contributed by atoms with Crippen molar-refractivity contribution in [3.05, 3.63) is 0 Å². The predicted molar refractivity (Wildman–Crippen MR) is 293 cm³/mol. The minimum atomic E-state index is -0.762. The minimum absolute atomic E-state index is 0.0623. The van der Waals surface area contributed by atoms with E-state index in [4.69, 9.17) is 14.2 Å². The van der Waals surface area contributed by atoms with Crippen molar-refractivity contribution in [2.45, 2.75) is 355 Å². The third-order valence-corrected chi connectivity index (χ3v) is 14.9. The fourth-order valence-electron chi connectivity index (χ4n) is 9.52. The molecule has 68 heavy (non-hydrogen) atoms. The van der Waals surface area contributed by atoms with Gasteiger partial charge in [-0.2, -0.15) is 0 Å². The minimum Gasteiger partial charge on any atom is -0.462 e. The van der Waals surface area contributed by atoms with Gasteiger partial charge in [0.2, 0.25) is 0 Å². The zero-order chi connectivity index (χ0) is 49.6. The smallest absolute Gasteiger partial charge is 0.306 e. The molecule has 0 aromatic heterocycles. The number of carbonyl (C=O) groups excluding carboxylic acids is 3. The largest absolute Gasteiger partial charge is 0.462 e. The molecule has 0 aliphatic carbocycles. The molecule has 0 radical (unpaired) electrons. The molecule has 0 N–H and O–H groups in total. The van der Waals surface area contributed by atoms with Crippen LogP contribution in [0.25, 0.3) is 0 Å². The van der Waals surface area contributed by atoms with E-state index in [1.54, 1.807) is 0 Å². The summed E-state index contributed by atoms with van der Waals surface area (Å²) in [7, 11) is 0. The van der Waals surface area contributed by atoms with Crippen LogP contribution in [0.1, 0.15) is 349 Å². The highest BCUT2D eigenvalue weighted by atomic mass is 16.6. The van der Waals surface area contributed by atoms with Crippen LogP contribution in [-0.2, 0) is 28.6 Å². The van der Waals surface area contributed by atoms with E-state index in [-0.39, 0.29) is 31.1 Å². The summed E-state index contributed by atoms with van der Waals surface area (Å²) in [4.78, 5) is 38.2. The summed E-state index contributed by atoms with van der Waals surface area (Å²) in [6.45, 7) is 11.5. The Morgan fingerprint density at radius 3 is 0.765 bits per heavy atom. The lowest BCUT2D eigenvalue weighted by Crippen LogP contribution is -2.30. The molecule has 0 aliphatic rings. The van der Waals surface area contributed by atoms with E-state index in [0.29, 0.717) is 19.3 Å². The first-order valence-corrected chi connectivity index (χ1v) is 30.8. The molecule has 0 aromatic carbocycles. The lowest BCUT2D eigenvalue weighted by Gasteiger charge is -2.18. The van der Waals surface area contributed by atoms with Crippen LogP contribution in [0, 0.1) is 11.8 Å². The SMILES string of the molecule is CCCCCCCCCCCCC(=O)OC[C@H](COC(=O)CCCCCCCCCCCCCCCCC(C)CC)OC(=O)CCCCCCCCCCCCCCCCCCCCC(C)CC. The van der Waals surface area contributed by atoms with Gasteiger partial charge in [-0.3, -0.25) is 14.4 Å². The molecular weight excluding hydrogens is 841 g/mol. The van der Waals surface area contributed by atoms with Crippen molar-refractivity contribution in [2.24, 2.45) is 11.8 Å². The van der Waals surface area contributed by atoms with Gasteiger partial charge in [-0.15, -0.1) is 0 Å². The van der Waals surface area contributed by atoms with Crippen molar-refractivity contribution in [1.29, 1.82) is 0 Å². The average molecular weight is 962 g/mol. The van der Waals surface area contributed by atoms with Gasteiger partial charge >= 0.3 is 17.9 Å². The van der Waals surface area contributed by atoms with E-state index in [0.717, 1.165) is 69.6 Å². The Kier molecular flexibility index (Phi) is 53.5. The zero-order valence-electron chi connectivity index (χ0n) is 46.7. The van der Waals surface area contributed by atoms with Crippen molar-refractivity contribution >= 4 is 17.9 Å². The normalized spacial score (nSPS) is 12.8. The number of unbranched alkanes of at least 4 members (excludes halogenated alkanes) is 39. The van der Waals surface area contributed by atoms with Gasteiger partial charge in [0, 0.05) is 19.3 Å². The average Bonchev–Trinajstić information content (AvgIpc) is 3.34. The molecular formula is C62H120O6. The maximum Gasteiger partial charge on any atom is 0.306 e. The van der Waals surface area contributed by atoms with E-state index in [1.807, 2.05) is 0 Å². The summed E-state index contributed by atoms with van der Waals surface area (Å²) in [5, 5.41) is 0. The summed E-state index contributed by atoms with van der Waals surface area (Å²) in [6.07, 6.45) is 59.5. The van der Waals surface area contributed by atoms with E-state index in [9.17, 15) is 14.4 Å². The fourth-order valence-corrected chi connectivity index (χ4v) is 9.52. The third kappa shape index (κ3) is 52.2. The van der Waals surface area contributed by atoms with E-state index in [1.165, 1.54) is 238 Å². The van der Waals surface area contributed by atoms with Gasteiger partial charge in [0.05, 0.1) is 0 Å². The Bertz CT molecular complexity index is 1040. The van der Waals surface area contributed by atoms with E-state index < -0.39 is 6.10 Å². The van der Waals surface area contributed by atoms with Gasteiger partial charge in [0.15, 0.2) is 6.10 Å². The molecule has 0 spiro atoms. The number of hydrogen-bond acceptors (Lipinski definition) is 6. The highest BCUT2D eigenvalue weighted by Gasteiger charge is 2.19. The number of hydrogen-bond donors (Lipinski definition) is 0. The van der Waals surface area contributed by atoms with Crippen molar-refractivity contribution in [3.8, 4) is 0 Å². The van der Waals surface area contributed by atoms with Crippen molar-refractivity contribution in [2.75, 3.05) is 13.2 Å². The standard InChI is InChI=1S/C62H120O6/c1-6-9-10-11-12-13-32-37-42-47-52-60(63)66-55-59(56-67-61(64)53-48-43-38-33-28-24-21-20-23-27-31-36-41-46-51-58(5)8-3)68-62(65)54-49-44-39-34-29-25-19-17-15-14-16-18-22-26-30-35-40-45-50-57(4)7-2/h57-59H,6-56H2,1-5H3/t57?,58?,59-/m1/s1. The molecule has 404 valence electrons. The molecule has 0 fully saturated rings. The van der Waals surface area contributed by atoms with Gasteiger partial charge in [-0.1, -0.05) is 311 Å². The van der Waals surface area contributed by atoms with Crippen molar-refractivity contribution in [1.82, 2.24) is 0 Å². The topological polar surface area (TPSA) is 78.9 Å². The molecule has 0 saturated heterocycles. The van der Waals surface area contributed by atoms with Crippen molar-refractivity contribution < 1.29 is 28.6 Å². The van der Waals surface area contributed by atoms with Crippen LogP contribution in [0.3, 0.4) is 0 Å². The Morgan fingerprint density at radius 1 is 0.294 bits per heavy atom. The first-order chi connectivity index (χ1) is 33.3. The molecule has 0 heterocycles. The lowest BCUT2D eigenvalue weighted by atomic mass is 9.99. The Hall–Kier alpha value is -1.59. The van der Waals surface area contributed by atoms with Crippen LogP contribution in [0.15, 0.2) is 0 Å². The molecule has 6 nitrogen and oxygen atoms in total. The number of ether oxygens (including phenoxy) is 3. The molecule has 2 unspecified atom stereocenters. The first-order valence-electron chi connectivity index (χ1n) is 30.8. The van der Waals surface area contributed by atoms with Gasteiger partial charge in [0.25, 0.3) is 0 Å². The Morgan fingerprint density at radius 2 is 0.515 bits per heavy atom. The molecule has 0 saturated carbocycles. The molecule has 0 aromatic rings. The Labute approximate surface area is 425 Å². The molecule has 6 heteroatoms. The third-order valence-electron chi connectivity index (χ3n) is 14.9. The maximum absolute atomic E-state index is 12.9. The molecule has 3 atom stereocenters. The van der Waals surface area contributed by atoms with Gasteiger partial charge < -0.3 is 14.2 Å². The van der Waals surface area contributed by atoms with Crippen LogP contribution >= 0.6 is 0 Å². The van der Waals surface area contributed by atoms with Crippen LogP contribution in [0.5, 0.6) is 0 Å².